The highest BCUT2D eigenvalue weighted by atomic mass is 15.3. The zero-order valence-corrected chi connectivity index (χ0v) is 11.0. The minimum Gasteiger partial charge on any atom is -0.354 e. The number of hydrogen-bond donors (Lipinski definition) is 1. The average molecular weight is 236 g/mol. The maximum absolute atomic E-state index is 4.58. The number of piperidine rings is 1. The summed E-state index contributed by atoms with van der Waals surface area (Å²) >= 11 is 0. The molecule has 1 aliphatic heterocycles. The average Bonchev–Trinajstić information content (AvgIpc) is 2.85. The maximum Gasteiger partial charge on any atom is 0.150 e. The predicted molar refractivity (Wildman–Crippen MR) is 71.4 cm³/mol. The minimum absolute atomic E-state index is 0.635. The summed E-state index contributed by atoms with van der Waals surface area (Å²) in [6.07, 6.45) is 5.84. The van der Waals surface area contributed by atoms with Gasteiger partial charge in [-0.15, -0.1) is 0 Å². The predicted octanol–water partition coefficient (Wildman–Crippen LogP) is 1.87. The number of rotatable bonds is 5. The van der Waals surface area contributed by atoms with E-state index in [1.54, 1.807) is 0 Å². The van der Waals surface area contributed by atoms with Gasteiger partial charge in [-0.25, -0.2) is 0 Å². The van der Waals surface area contributed by atoms with Gasteiger partial charge in [0, 0.05) is 37.9 Å². The Labute approximate surface area is 104 Å². The fraction of sp³-hybridized carbons (Fsp3) is 0.769. The van der Waals surface area contributed by atoms with Crippen LogP contribution in [0.5, 0.6) is 0 Å². The zero-order chi connectivity index (χ0) is 12.1. The summed E-state index contributed by atoms with van der Waals surface area (Å²) in [5.41, 5.74) is 0. The molecule has 0 aromatic carbocycles. The monoisotopic (exact) mass is 236 g/mol. The van der Waals surface area contributed by atoms with E-state index in [0.29, 0.717) is 6.04 Å². The summed E-state index contributed by atoms with van der Waals surface area (Å²) < 4.78 is 2.00. The number of anilines is 1. The van der Waals surface area contributed by atoms with Crippen LogP contribution in [0.3, 0.4) is 0 Å². The maximum atomic E-state index is 4.58. The second kappa shape index (κ2) is 6.05. The van der Waals surface area contributed by atoms with Gasteiger partial charge in [-0.1, -0.05) is 6.92 Å². The van der Waals surface area contributed by atoms with E-state index in [1.165, 1.54) is 19.3 Å². The Morgan fingerprint density at radius 2 is 2.35 bits per heavy atom. The molecule has 0 radical (unpaired) electrons. The van der Waals surface area contributed by atoms with Gasteiger partial charge in [-0.3, -0.25) is 4.68 Å². The molecule has 1 aliphatic rings. The second-order valence-electron chi connectivity index (χ2n) is 4.77. The Balaban J connectivity index is 1.92. The van der Waals surface area contributed by atoms with Crippen LogP contribution < -0.4 is 10.2 Å². The smallest absolute Gasteiger partial charge is 0.150 e. The first kappa shape index (κ1) is 12.4. The highest BCUT2D eigenvalue weighted by Crippen LogP contribution is 2.17. The molecule has 1 aromatic heterocycles. The Hall–Kier alpha value is -1.03. The second-order valence-corrected chi connectivity index (χ2v) is 4.77. The third kappa shape index (κ3) is 3.22. The Morgan fingerprint density at radius 3 is 3.06 bits per heavy atom. The number of hydrogen-bond acceptors (Lipinski definition) is 3. The first-order chi connectivity index (χ1) is 8.33. The lowest BCUT2D eigenvalue weighted by atomic mass is 10.1. The van der Waals surface area contributed by atoms with Crippen molar-refractivity contribution in [3.63, 3.8) is 0 Å². The fourth-order valence-electron chi connectivity index (χ4n) is 2.40. The van der Waals surface area contributed by atoms with Crippen molar-refractivity contribution >= 4 is 5.82 Å². The van der Waals surface area contributed by atoms with Gasteiger partial charge in [0.15, 0.2) is 5.82 Å². The van der Waals surface area contributed by atoms with Crippen LogP contribution in [0.1, 0.15) is 33.1 Å². The highest BCUT2D eigenvalue weighted by molar-refractivity contribution is 5.37. The lowest BCUT2D eigenvalue weighted by molar-refractivity contribution is 0.421. The molecule has 2 rings (SSSR count). The van der Waals surface area contributed by atoms with Crippen molar-refractivity contribution in [3.8, 4) is 0 Å². The van der Waals surface area contributed by atoms with Crippen molar-refractivity contribution in [2.45, 2.75) is 45.7 Å². The van der Waals surface area contributed by atoms with Gasteiger partial charge < -0.3 is 10.2 Å². The number of aromatic nitrogens is 2. The quantitative estimate of drug-likeness (QED) is 0.847. The number of nitrogens with one attached hydrogen (secondary N) is 1. The summed E-state index contributed by atoms with van der Waals surface area (Å²) in [4.78, 5) is 2.41. The van der Waals surface area contributed by atoms with Crippen molar-refractivity contribution in [1.82, 2.24) is 15.1 Å². The molecule has 1 unspecified atom stereocenters. The van der Waals surface area contributed by atoms with Crippen LogP contribution in [0, 0.1) is 0 Å². The molecule has 2 heterocycles. The van der Waals surface area contributed by atoms with Gasteiger partial charge >= 0.3 is 0 Å². The van der Waals surface area contributed by atoms with Crippen LogP contribution in [-0.2, 0) is 6.54 Å². The summed E-state index contributed by atoms with van der Waals surface area (Å²) in [6, 6.07) is 2.77. The molecule has 4 heteroatoms. The molecule has 0 saturated carbocycles. The molecule has 0 bridgehead atoms. The van der Waals surface area contributed by atoms with Crippen LogP contribution >= 0.6 is 0 Å². The SMILES string of the molecule is CCCNC1CCCN(c2ccn(CC)n2)C1. The molecule has 17 heavy (non-hydrogen) atoms. The Kier molecular flexibility index (Phi) is 4.42. The van der Waals surface area contributed by atoms with E-state index in [2.05, 4.69) is 41.4 Å². The lowest BCUT2D eigenvalue weighted by Crippen LogP contribution is -2.46. The first-order valence-corrected chi connectivity index (χ1v) is 6.85. The minimum atomic E-state index is 0.635. The first-order valence-electron chi connectivity index (χ1n) is 6.85. The van der Waals surface area contributed by atoms with E-state index in [9.17, 15) is 0 Å². The van der Waals surface area contributed by atoms with Gasteiger partial charge in [-0.05, 0) is 32.7 Å². The molecule has 1 atom stereocenters. The summed E-state index contributed by atoms with van der Waals surface area (Å²) in [5, 5.41) is 8.20. The van der Waals surface area contributed by atoms with Crippen LogP contribution in [-0.4, -0.2) is 35.5 Å². The normalized spacial score (nSPS) is 20.8. The zero-order valence-electron chi connectivity index (χ0n) is 11.0. The highest BCUT2D eigenvalue weighted by Gasteiger charge is 2.20. The lowest BCUT2D eigenvalue weighted by Gasteiger charge is -2.33. The number of nitrogens with zero attached hydrogens (tertiary/aromatic N) is 3. The molecule has 1 aromatic rings. The van der Waals surface area contributed by atoms with E-state index in [4.69, 9.17) is 0 Å². The van der Waals surface area contributed by atoms with Crippen LogP contribution in [0.2, 0.25) is 0 Å². The van der Waals surface area contributed by atoms with Crippen LogP contribution in [0.15, 0.2) is 12.3 Å². The number of aryl methyl sites for hydroxylation is 1. The van der Waals surface area contributed by atoms with Crippen molar-refractivity contribution in [1.29, 1.82) is 0 Å². The molecule has 4 nitrogen and oxygen atoms in total. The third-order valence-corrected chi connectivity index (χ3v) is 3.38. The summed E-state index contributed by atoms with van der Waals surface area (Å²) in [5.74, 6) is 1.13. The topological polar surface area (TPSA) is 33.1 Å². The van der Waals surface area contributed by atoms with Crippen molar-refractivity contribution in [2.24, 2.45) is 0 Å². The molecule has 0 aliphatic carbocycles. The van der Waals surface area contributed by atoms with E-state index >= 15 is 0 Å². The third-order valence-electron chi connectivity index (χ3n) is 3.38. The van der Waals surface area contributed by atoms with Gasteiger partial charge in [0.05, 0.1) is 0 Å². The van der Waals surface area contributed by atoms with Gasteiger partial charge in [0.2, 0.25) is 0 Å². The standard InChI is InChI=1S/C13H24N4/c1-3-8-14-12-6-5-9-16(11-12)13-7-10-17(4-2)15-13/h7,10,12,14H,3-6,8-9,11H2,1-2H3. The van der Waals surface area contributed by atoms with E-state index < -0.39 is 0 Å². The summed E-state index contributed by atoms with van der Waals surface area (Å²) in [7, 11) is 0. The van der Waals surface area contributed by atoms with E-state index in [1.807, 2.05) is 4.68 Å². The summed E-state index contributed by atoms with van der Waals surface area (Å²) in [6.45, 7) is 8.66. The molecule has 96 valence electrons. The van der Waals surface area contributed by atoms with Gasteiger partial charge in [0.1, 0.15) is 0 Å². The molecule has 0 amide bonds. The van der Waals surface area contributed by atoms with Crippen LogP contribution in [0.4, 0.5) is 5.82 Å². The van der Waals surface area contributed by atoms with Crippen molar-refractivity contribution in [3.05, 3.63) is 12.3 Å². The molecule has 0 spiro atoms. The van der Waals surface area contributed by atoms with E-state index in [-0.39, 0.29) is 0 Å². The Bertz CT molecular complexity index is 334. The molecule has 1 saturated heterocycles. The van der Waals surface area contributed by atoms with Crippen molar-refractivity contribution in [2.75, 3.05) is 24.5 Å². The molecule has 1 fully saturated rings. The fourth-order valence-corrected chi connectivity index (χ4v) is 2.40. The molecular formula is C13H24N4. The van der Waals surface area contributed by atoms with Gasteiger partial charge in [-0.2, -0.15) is 5.10 Å². The van der Waals surface area contributed by atoms with E-state index in [0.717, 1.165) is 32.0 Å². The molecular weight excluding hydrogens is 212 g/mol. The van der Waals surface area contributed by atoms with Gasteiger partial charge in [0.25, 0.3) is 0 Å². The molecule has 1 N–H and O–H groups in total. The Morgan fingerprint density at radius 1 is 1.47 bits per heavy atom. The van der Waals surface area contributed by atoms with Crippen LogP contribution in [0.25, 0.3) is 0 Å². The largest absolute Gasteiger partial charge is 0.354 e. The van der Waals surface area contributed by atoms with Crippen molar-refractivity contribution < 1.29 is 0 Å².